The summed E-state index contributed by atoms with van der Waals surface area (Å²) >= 11 is 5.94. The van der Waals surface area contributed by atoms with Gasteiger partial charge in [-0.15, -0.1) is 0 Å². The maximum atomic E-state index is 12.9. The van der Waals surface area contributed by atoms with Crippen molar-refractivity contribution in [3.63, 3.8) is 0 Å². The van der Waals surface area contributed by atoms with Crippen molar-refractivity contribution in [1.29, 1.82) is 0 Å². The molecule has 2 aromatic carbocycles. The summed E-state index contributed by atoms with van der Waals surface area (Å²) in [7, 11) is 0. The predicted molar refractivity (Wildman–Crippen MR) is 94.5 cm³/mol. The maximum Gasteiger partial charge on any atom is 0.253 e. The van der Waals surface area contributed by atoms with Gasteiger partial charge in [0, 0.05) is 42.3 Å². The van der Waals surface area contributed by atoms with Gasteiger partial charge in [0.05, 0.1) is 6.54 Å². The van der Waals surface area contributed by atoms with Crippen molar-refractivity contribution in [1.82, 2.24) is 9.80 Å². The molecule has 6 heteroatoms. The number of nitrogens with zero attached hydrogens (tertiary/aromatic N) is 2. The number of amides is 1. The van der Waals surface area contributed by atoms with Gasteiger partial charge in [0.15, 0.2) is 5.78 Å². The van der Waals surface area contributed by atoms with E-state index in [-0.39, 0.29) is 24.1 Å². The van der Waals surface area contributed by atoms with Crippen LogP contribution in [-0.2, 0) is 0 Å². The Morgan fingerprint density at radius 3 is 2.28 bits per heavy atom. The molecule has 4 nitrogen and oxygen atoms in total. The Morgan fingerprint density at radius 1 is 0.960 bits per heavy atom. The lowest BCUT2D eigenvalue weighted by Crippen LogP contribution is -2.49. The van der Waals surface area contributed by atoms with Gasteiger partial charge in [-0.1, -0.05) is 17.7 Å². The second-order valence-corrected chi connectivity index (χ2v) is 6.45. The zero-order valence-electron chi connectivity index (χ0n) is 13.6. The molecule has 0 aromatic heterocycles. The monoisotopic (exact) mass is 360 g/mol. The molecule has 1 heterocycles. The average molecular weight is 361 g/mol. The third-order valence-electron chi connectivity index (χ3n) is 4.26. The zero-order valence-corrected chi connectivity index (χ0v) is 14.4. The molecule has 0 aliphatic carbocycles. The van der Waals surface area contributed by atoms with Gasteiger partial charge in [0.25, 0.3) is 5.91 Å². The van der Waals surface area contributed by atoms with Crippen LogP contribution in [0.15, 0.2) is 48.5 Å². The third-order valence-corrected chi connectivity index (χ3v) is 4.50. The molecule has 1 aliphatic heterocycles. The maximum absolute atomic E-state index is 12.9. The van der Waals surface area contributed by atoms with Gasteiger partial charge in [-0.25, -0.2) is 4.39 Å². The number of rotatable bonds is 4. The molecule has 0 N–H and O–H groups in total. The molecule has 0 radical (unpaired) electrons. The summed E-state index contributed by atoms with van der Waals surface area (Å²) in [6.45, 7) is 2.63. The van der Waals surface area contributed by atoms with Gasteiger partial charge in [0.1, 0.15) is 5.82 Å². The van der Waals surface area contributed by atoms with E-state index in [0.29, 0.717) is 42.3 Å². The van der Waals surface area contributed by atoms with E-state index in [4.69, 9.17) is 11.6 Å². The van der Waals surface area contributed by atoms with Crippen LogP contribution in [0, 0.1) is 5.82 Å². The van der Waals surface area contributed by atoms with Crippen molar-refractivity contribution in [2.45, 2.75) is 0 Å². The minimum absolute atomic E-state index is 0.0467. The molecule has 2 aromatic rings. The van der Waals surface area contributed by atoms with Gasteiger partial charge >= 0.3 is 0 Å². The minimum atomic E-state index is -0.357. The highest BCUT2D eigenvalue weighted by Gasteiger charge is 2.23. The van der Waals surface area contributed by atoms with Crippen LogP contribution in [0.3, 0.4) is 0 Å². The Labute approximate surface area is 150 Å². The Morgan fingerprint density at radius 2 is 1.64 bits per heavy atom. The van der Waals surface area contributed by atoms with Crippen molar-refractivity contribution in [2.24, 2.45) is 0 Å². The zero-order chi connectivity index (χ0) is 17.8. The lowest BCUT2D eigenvalue weighted by Gasteiger charge is -2.34. The van der Waals surface area contributed by atoms with E-state index in [0.717, 1.165) is 0 Å². The van der Waals surface area contributed by atoms with E-state index in [2.05, 4.69) is 0 Å². The number of carbonyl (C=O) groups is 2. The van der Waals surface area contributed by atoms with E-state index in [1.54, 1.807) is 29.2 Å². The second kappa shape index (κ2) is 7.76. The fraction of sp³-hybridized carbons (Fsp3) is 0.263. The van der Waals surface area contributed by atoms with Crippen LogP contribution >= 0.6 is 11.6 Å². The summed E-state index contributed by atoms with van der Waals surface area (Å²) in [5, 5.41) is 0.536. The third kappa shape index (κ3) is 4.44. The van der Waals surface area contributed by atoms with Crippen LogP contribution < -0.4 is 0 Å². The summed E-state index contributed by atoms with van der Waals surface area (Å²) in [6.07, 6.45) is 0. The van der Waals surface area contributed by atoms with E-state index in [1.165, 1.54) is 24.3 Å². The van der Waals surface area contributed by atoms with Crippen molar-refractivity contribution >= 4 is 23.3 Å². The van der Waals surface area contributed by atoms with Crippen molar-refractivity contribution in [3.05, 3.63) is 70.5 Å². The Kier molecular flexibility index (Phi) is 5.46. The van der Waals surface area contributed by atoms with Gasteiger partial charge < -0.3 is 4.90 Å². The first kappa shape index (κ1) is 17.6. The topological polar surface area (TPSA) is 40.6 Å². The molecule has 0 bridgehead atoms. The SMILES string of the molecule is O=C(CN1CCN(C(=O)c2cccc(Cl)c2)CC1)c1ccc(F)cc1. The van der Waals surface area contributed by atoms with Crippen molar-refractivity contribution in [2.75, 3.05) is 32.7 Å². The molecule has 0 atom stereocenters. The summed E-state index contributed by atoms with van der Waals surface area (Å²) in [4.78, 5) is 28.5. The van der Waals surface area contributed by atoms with E-state index < -0.39 is 0 Å². The van der Waals surface area contributed by atoms with Gasteiger partial charge in [-0.05, 0) is 42.5 Å². The molecule has 1 aliphatic rings. The lowest BCUT2D eigenvalue weighted by atomic mass is 10.1. The first-order valence-corrected chi connectivity index (χ1v) is 8.47. The fourth-order valence-electron chi connectivity index (χ4n) is 2.84. The molecule has 1 saturated heterocycles. The summed E-state index contributed by atoms with van der Waals surface area (Å²) < 4.78 is 12.9. The Balaban J connectivity index is 1.54. The van der Waals surface area contributed by atoms with Crippen LogP contribution in [0.1, 0.15) is 20.7 Å². The van der Waals surface area contributed by atoms with Gasteiger partial charge in [0.2, 0.25) is 0 Å². The number of hydrogen-bond acceptors (Lipinski definition) is 3. The van der Waals surface area contributed by atoms with Gasteiger partial charge in [-0.3, -0.25) is 14.5 Å². The molecule has 0 saturated carbocycles. The highest BCUT2D eigenvalue weighted by Crippen LogP contribution is 2.14. The van der Waals surface area contributed by atoms with E-state index in [9.17, 15) is 14.0 Å². The largest absolute Gasteiger partial charge is 0.336 e. The number of halogens is 2. The minimum Gasteiger partial charge on any atom is -0.336 e. The van der Waals surface area contributed by atoms with Crippen LogP contribution in [0.2, 0.25) is 5.02 Å². The normalized spacial score (nSPS) is 15.2. The van der Waals surface area contributed by atoms with Crippen molar-refractivity contribution < 1.29 is 14.0 Å². The highest BCUT2D eigenvalue weighted by atomic mass is 35.5. The standard InChI is InChI=1S/C19H18ClFN2O2/c20-16-3-1-2-15(12-16)19(25)23-10-8-22(9-11-23)13-18(24)14-4-6-17(21)7-5-14/h1-7,12H,8-11,13H2. The second-order valence-electron chi connectivity index (χ2n) is 6.01. The smallest absolute Gasteiger partial charge is 0.253 e. The first-order chi connectivity index (χ1) is 12.0. The quantitative estimate of drug-likeness (QED) is 0.787. The molecule has 0 spiro atoms. The average Bonchev–Trinajstić information content (AvgIpc) is 2.62. The molecule has 25 heavy (non-hydrogen) atoms. The molecule has 3 rings (SSSR count). The summed E-state index contributed by atoms with van der Waals surface area (Å²) in [5.74, 6) is -0.452. The molecular weight excluding hydrogens is 343 g/mol. The number of ketones is 1. The Bertz CT molecular complexity index is 771. The molecule has 1 amide bonds. The fourth-order valence-corrected chi connectivity index (χ4v) is 3.03. The number of benzene rings is 2. The number of carbonyl (C=O) groups excluding carboxylic acids is 2. The van der Waals surface area contributed by atoms with Crippen molar-refractivity contribution in [3.8, 4) is 0 Å². The molecular formula is C19H18ClFN2O2. The number of Topliss-reactive ketones (excluding diaryl/α,β-unsaturated/α-hetero) is 1. The van der Waals surface area contributed by atoms with Crippen LogP contribution in [0.25, 0.3) is 0 Å². The van der Waals surface area contributed by atoms with Crippen LogP contribution in [-0.4, -0.2) is 54.2 Å². The first-order valence-electron chi connectivity index (χ1n) is 8.09. The predicted octanol–water partition coefficient (Wildman–Crippen LogP) is 3.12. The molecule has 1 fully saturated rings. The highest BCUT2D eigenvalue weighted by molar-refractivity contribution is 6.30. The number of hydrogen-bond donors (Lipinski definition) is 0. The van der Waals surface area contributed by atoms with Gasteiger partial charge in [-0.2, -0.15) is 0 Å². The summed E-state index contributed by atoms with van der Waals surface area (Å²) in [5.41, 5.74) is 1.07. The molecule has 0 unspecified atom stereocenters. The number of piperazine rings is 1. The van der Waals surface area contributed by atoms with Crippen LogP contribution in [0.4, 0.5) is 4.39 Å². The van der Waals surface area contributed by atoms with Crippen LogP contribution in [0.5, 0.6) is 0 Å². The van der Waals surface area contributed by atoms with E-state index >= 15 is 0 Å². The lowest BCUT2D eigenvalue weighted by molar-refractivity contribution is 0.0624. The Hall–Kier alpha value is -2.24. The summed E-state index contributed by atoms with van der Waals surface area (Å²) in [6, 6.07) is 12.5. The molecule has 130 valence electrons. The van der Waals surface area contributed by atoms with E-state index in [1.807, 2.05) is 4.90 Å².